The van der Waals surface area contributed by atoms with E-state index in [0.717, 1.165) is 0 Å². The summed E-state index contributed by atoms with van der Waals surface area (Å²) >= 11 is 5.83. The summed E-state index contributed by atoms with van der Waals surface area (Å²) in [6, 6.07) is 4.99. The average Bonchev–Trinajstić information content (AvgIpc) is 2.16. The molecule has 0 radical (unpaired) electrons. The number of methoxy groups -OCH3 is 1. The second-order valence-electron chi connectivity index (χ2n) is 2.33. The van der Waals surface area contributed by atoms with Gasteiger partial charge in [-0.3, -0.25) is 4.79 Å². The number of carbonyl (C=O) groups excluding carboxylic acids is 1. The normalized spacial score (nSPS) is 9.69. The zero-order valence-electron chi connectivity index (χ0n) is 7.12. The van der Waals surface area contributed by atoms with Crippen molar-refractivity contribution in [3.8, 4) is 5.75 Å². The van der Waals surface area contributed by atoms with Gasteiger partial charge in [-0.1, -0.05) is 17.7 Å². The number of carbonyl (C=O) groups is 1. The van der Waals surface area contributed by atoms with Gasteiger partial charge in [-0.05, 0) is 12.1 Å². The quantitative estimate of drug-likeness (QED) is 0.552. The van der Waals surface area contributed by atoms with Gasteiger partial charge in [0, 0.05) is 12.7 Å². The highest BCUT2D eigenvalue weighted by Crippen LogP contribution is 2.26. The molecule has 0 amide bonds. The third kappa shape index (κ3) is 2.44. The topological polar surface area (TPSA) is 35.5 Å². The minimum Gasteiger partial charge on any atom is -0.466 e. The van der Waals surface area contributed by atoms with Crippen LogP contribution in [0.25, 0.3) is 0 Å². The Kier molecular flexibility index (Phi) is 3.73. The summed E-state index contributed by atoms with van der Waals surface area (Å²) in [6.45, 7) is 0.113. The minimum absolute atomic E-state index is 0.113. The van der Waals surface area contributed by atoms with Gasteiger partial charge in [-0.15, -0.1) is 0 Å². The molecule has 0 aromatic heterocycles. The molecule has 0 N–H and O–H groups in total. The summed E-state index contributed by atoms with van der Waals surface area (Å²) in [6.07, 6.45) is 0.683. The number of rotatable bonds is 4. The van der Waals surface area contributed by atoms with E-state index in [2.05, 4.69) is 0 Å². The molecular formula is C9H9ClO3. The number of halogens is 1. The summed E-state index contributed by atoms with van der Waals surface area (Å²) in [7, 11) is 1.51. The Morgan fingerprint density at radius 2 is 2.31 bits per heavy atom. The highest BCUT2D eigenvalue weighted by molar-refractivity contribution is 6.34. The van der Waals surface area contributed by atoms with E-state index in [-0.39, 0.29) is 6.79 Å². The van der Waals surface area contributed by atoms with Gasteiger partial charge < -0.3 is 9.47 Å². The van der Waals surface area contributed by atoms with Crippen LogP contribution < -0.4 is 4.74 Å². The van der Waals surface area contributed by atoms with Gasteiger partial charge in [0.25, 0.3) is 0 Å². The molecule has 0 saturated carbocycles. The van der Waals surface area contributed by atoms with Crippen LogP contribution in [0.15, 0.2) is 18.2 Å². The molecule has 70 valence electrons. The largest absolute Gasteiger partial charge is 0.466 e. The van der Waals surface area contributed by atoms with Crippen LogP contribution in [0, 0.1) is 0 Å². The number of aldehydes is 1. The van der Waals surface area contributed by atoms with Gasteiger partial charge in [0.15, 0.2) is 13.1 Å². The Bertz CT molecular complexity index is 299. The number of ether oxygens (including phenoxy) is 2. The van der Waals surface area contributed by atoms with Crippen LogP contribution in [0.3, 0.4) is 0 Å². The van der Waals surface area contributed by atoms with Crippen LogP contribution in [0.4, 0.5) is 0 Å². The van der Waals surface area contributed by atoms with Crippen LogP contribution in [0.5, 0.6) is 5.75 Å². The molecule has 0 unspecified atom stereocenters. The maximum Gasteiger partial charge on any atom is 0.188 e. The first-order valence-corrected chi connectivity index (χ1v) is 4.03. The van der Waals surface area contributed by atoms with Crippen molar-refractivity contribution in [1.82, 2.24) is 0 Å². The zero-order chi connectivity index (χ0) is 9.68. The predicted molar refractivity (Wildman–Crippen MR) is 49.3 cm³/mol. The van der Waals surface area contributed by atoms with Gasteiger partial charge in [0.2, 0.25) is 0 Å². The first-order valence-electron chi connectivity index (χ1n) is 3.65. The molecule has 0 bridgehead atoms. The zero-order valence-corrected chi connectivity index (χ0v) is 7.88. The Morgan fingerprint density at radius 1 is 1.54 bits per heavy atom. The smallest absolute Gasteiger partial charge is 0.188 e. The van der Waals surface area contributed by atoms with E-state index in [0.29, 0.717) is 22.6 Å². The molecule has 0 fully saturated rings. The summed E-state index contributed by atoms with van der Waals surface area (Å²) < 4.78 is 9.82. The molecule has 4 heteroatoms. The maximum absolute atomic E-state index is 10.5. The van der Waals surface area contributed by atoms with Gasteiger partial charge in [0.05, 0.1) is 5.02 Å². The lowest BCUT2D eigenvalue weighted by molar-refractivity contribution is 0.0511. The molecule has 0 atom stereocenters. The van der Waals surface area contributed by atoms with Gasteiger partial charge in [-0.2, -0.15) is 0 Å². The highest BCUT2D eigenvalue weighted by atomic mass is 35.5. The molecule has 0 heterocycles. The lowest BCUT2D eigenvalue weighted by Gasteiger charge is -2.06. The van der Waals surface area contributed by atoms with E-state index < -0.39 is 0 Å². The predicted octanol–water partition coefficient (Wildman–Crippen LogP) is 2.14. The monoisotopic (exact) mass is 200 g/mol. The summed E-state index contributed by atoms with van der Waals surface area (Å²) in [5, 5.41) is 0.314. The van der Waals surface area contributed by atoms with Gasteiger partial charge in [-0.25, -0.2) is 0 Å². The van der Waals surface area contributed by atoms with E-state index in [4.69, 9.17) is 21.1 Å². The molecule has 3 nitrogen and oxygen atoms in total. The van der Waals surface area contributed by atoms with Crippen molar-refractivity contribution in [2.75, 3.05) is 13.9 Å². The third-order valence-electron chi connectivity index (χ3n) is 1.45. The fourth-order valence-electron chi connectivity index (χ4n) is 0.853. The third-order valence-corrected chi connectivity index (χ3v) is 1.86. The lowest BCUT2D eigenvalue weighted by atomic mass is 10.2. The summed E-state index contributed by atoms with van der Waals surface area (Å²) in [5.41, 5.74) is 0.412. The fraction of sp³-hybridized carbons (Fsp3) is 0.222. The fourth-order valence-corrected chi connectivity index (χ4v) is 1.08. The average molecular weight is 201 g/mol. The molecule has 0 aliphatic rings. The Morgan fingerprint density at radius 3 is 2.92 bits per heavy atom. The Labute approximate surface area is 81.2 Å². The van der Waals surface area contributed by atoms with Crippen molar-refractivity contribution >= 4 is 17.9 Å². The first kappa shape index (κ1) is 10.0. The van der Waals surface area contributed by atoms with E-state index in [1.54, 1.807) is 18.2 Å². The molecule has 0 aliphatic heterocycles. The molecule has 1 rings (SSSR count). The van der Waals surface area contributed by atoms with E-state index in [1.807, 2.05) is 0 Å². The van der Waals surface area contributed by atoms with Gasteiger partial charge in [0.1, 0.15) is 5.75 Å². The van der Waals surface area contributed by atoms with E-state index in [9.17, 15) is 4.79 Å². The molecule has 1 aromatic rings. The number of hydrogen-bond donors (Lipinski definition) is 0. The molecule has 0 spiro atoms. The number of hydrogen-bond acceptors (Lipinski definition) is 3. The second kappa shape index (κ2) is 4.84. The molecule has 0 saturated heterocycles. The SMILES string of the molecule is COCOc1cccc(C=O)c1Cl. The van der Waals surface area contributed by atoms with Crippen molar-refractivity contribution in [1.29, 1.82) is 0 Å². The Balaban J connectivity index is 2.87. The highest BCUT2D eigenvalue weighted by Gasteiger charge is 2.05. The molecule has 1 aromatic carbocycles. The van der Waals surface area contributed by atoms with E-state index >= 15 is 0 Å². The number of benzene rings is 1. The summed E-state index contributed by atoms with van der Waals surface area (Å²) in [4.78, 5) is 10.5. The van der Waals surface area contributed by atoms with Crippen LogP contribution >= 0.6 is 11.6 Å². The van der Waals surface area contributed by atoms with Crippen molar-refractivity contribution in [3.05, 3.63) is 28.8 Å². The molecule has 13 heavy (non-hydrogen) atoms. The second-order valence-corrected chi connectivity index (χ2v) is 2.71. The van der Waals surface area contributed by atoms with Gasteiger partial charge >= 0.3 is 0 Å². The standard InChI is InChI=1S/C9H9ClO3/c1-12-6-13-8-4-2-3-7(5-11)9(8)10/h2-5H,6H2,1H3. The van der Waals surface area contributed by atoms with Crippen LogP contribution in [0.1, 0.15) is 10.4 Å². The van der Waals surface area contributed by atoms with Crippen LogP contribution in [0.2, 0.25) is 5.02 Å². The van der Waals surface area contributed by atoms with Crippen LogP contribution in [-0.2, 0) is 4.74 Å². The van der Waals surface area contributed by atoms with Crippen molar-refractivity contribution < 1.29 is 14.3 Å². The van der Waals surface area contributed by atoms with Crippen molar-refractivity contribution in [3.63, 3.8) is 0 Å². The lowest BCUT2D eigenvalue weighted by Crippen LogP contribution is -2.00. The minimum atomic E-state index is 0.113. The Hall–Kier alpha value is -1.06. The van der Waals surface area contributed by atoms with Crippen molar-refractivity contribution in [2.45, 2.75) is 0 Å². The molecular weight excluding hydrogens is 192 g/mol. The summed E-state index contributed by atoms with van der Waals surface area (Å²) in [5.74, 6) is 0.452. The molecule has 0 aliphatic carbocycles. The first-order chi connectivity index (χ1) is 6.29. The maximum atomic E-state index is 10.5. The van der Waals surface area contributed by atoms with Crippen molar-refractivity contribution in [2.24, 2.45) is 0 Å². The van der Waals surface area contributed by atoms with Crippen LogP contribution in [-0.4, -0.2) is 20.2 Å². The van der Waals surface area contributed by atoms with E-state index in [1.165, 1.54) is 7.11 Å².